The molecule has 0 amide bonds. The maximum Gasteiger partial charge on any atom is 0.139 e. The van der Waals surface area contributed by atoms with Crippen LogP contribution in [0.25, 0.3) is 0 Å². The predicted octanol–water partition coefficient (Wildman–Crippen LogP) is 3.68. The van der Waals surface area contributed by atoms with E-state index in [0.717, 1.165) is 22.6 Å². The molecule has 2 aromatic carbocycles. The predicted molar refractivity (Wildman–Crippen MR) is 93.4 cm³/mol. The molecule has 3 rings (SSSR count). The molecule has 0 spiro atoms. The minimum Gasteiger partial charge on any atom is -0.497 e. The molecule has 0 radical (unpaired) electrons. The van der Waals surface area contributed by atoms with E-state index in [1.807, 2.05) is 55.5 Å². The Labute approximate surface area is 142 Å². The molecule has 1 fully saturated rings. The Bertz CT molecular complexity index is 694. The first kappa shape index (κ1) is 16.5. The second-order valence-corrected chi connectivity index (χ2v) is 6.20. The molecule has 4 heteroatoms. The van der Waals surface area contributed by atoms with Crippen molar-refractivity contribution in [2.75, 3.05) is 14.2 Å². The van der Waals surface area contributed by atoms with Crippen LogP contribution >= 0.6 is 0 Å². The third-order valence-electron chi connectivity index (χ3n) is 4.79. The number of hydrogen-bond acceptors (Lipinski definition) is 4. The summed E-state index contributed by atoms with van der Waals surface area (Å²) in [6, 6.07) is 15.8. The summed E-state index contributed by atoms with van der Waals surface area (Å²) in [7, 11) is 3.30. The number of carbonyl (C=O) groups is 1. The Morgan fingerprint density at radius 2 is 1.38 bits per heavy atom. The number of piperidine rings is 1. The van der Waals surface area contributed by atoms with Crippen molar-refractivity contribution in [3.8, 4) is 11.5 Å². The van der Waals surface area contributed by atoms with Gasteiger partial charge in [-0.15, -0.1) is 0 Å². The van der Waals surface area contributed by atoms with Crippen LogP contribution in [-0.4, -0.2) is 20.0 Å². The van der Waals surface area contributed by atoms with Crippen LogP contribution in [0.3, 0.4) is 0 Å². The molecule has 2 aromatic rings. The summed E-state index contributed by atoms with van der Waals surface area (Å²) in [4.78, 5) is 12.5. The summed E-state index contributed by atoms with van der Waals surface area (Å²) in [6.45, 7) is 1.99. The number of Topliss-reactive ketones (excluding diaryl/α,β-unsaturated/α-hetero) is 1. The average Bonchev–Trinajstić information content (AvgIpc) is 2.64. The zero-order chi connectivity index (χ0) is 17.1. The molecule has 1 aliphatic heterocycles. The number of ether oxygens (including phenoxy) is 2. The number of methoxy groups -OCH3 is 2. The van der Waals surface area contributed by atoms with Gasteiger partial charge in [0.05, 0.1) is 14.2 Å². The molecule has 0 unspecified atom stereocenters. The molecule has 0 bridgehead atoms. The number of carbonyl (C=O) groups excluding carboxylic acids is 1. The van der Waals surface area contributed by atoms with Crippen LogP contribution in [0.5, 0.6) is 11.5 Å². The quantitative estimate of drug-likeness (QED) is 0.931. The summed E-state index contributed by atoms with van der Waals surface area (Å²) in [5.74, 6) is 1.88. The molecule has 24 heavy (non-hydrogen) atoms. The van der Waals surface area contributed by atoms with E-state index in [0.29, 0.717) is 6.42 Å². The van der Waals surface area contributed by atoms with Gasteiger partial charge in [-0.2, -0.15) is 0 Å². The van der Waals surface area contributed by atoms with Gasteiger partial charge in [-0.05, 0) is 35.4 Å². The third-order valence-corrected chi connectivity index (χ3v) is 4.79. The molecule has 0 aliphatic carbocycles. The lowest BCUT2D eigenvalue weighted by atomic mass is 9.82. The smallest absolute Gasteiger partial charge is 0.139 e. The van der Waals surface area contributed by atoms with E-state index < -0.39 is 0 Å². The Hall–Kier alpha value is -2.33. The number of benzene rings is 2. The minimum absolute atomic E-state index is 0.00394. The van der Waals surface area contributed by atoms with Crippen molar-refractivity contribution >= 4 is 5.78 Å². The maximum atomic E-state index is 12.5. The fourth-order valence-corrected chi connectivity index (χ4v) is 3.24. The van der Waals surface area contributed by atoms with Crippen molar-refractivity contribution in [2.24, 2.45) is 5.92 Å². The van der Waals surface area contributed by atoms with Crippen LogP contribution in [0.2, 0.25) is 0 Å². The van der Waals surface area contributed by atoms with E-state index in [4.69, 9.17) is 9.47 Å². The van der Waals surface area contributed by atoms with Gasteiger partial charge >= 0.3 is 0 Å². The summed E-state index contributed by atoms with van der Waals surface area (Å²) in [5, 5.41) is 3.64. The van der Waals surface area contributed by atoms with Crippen molar-refractivity contribution in [3.63, 3.8) is 0 Å². The molecule has 1 saturated heterocycles. The highest BCUT2D eigenvalue weighted by Gasteiger charge is 2.34. The summed E-state index contributed by atoms with van der Waals surface area (Å²) < 4.78 is 10.4. The highest BCUT2D eigenvalue weighted by molar-refractivity contribution is 5.83. The normalized spacial score (nSPS) is 23.8. The SMILES string of the molecule is COc1ccc([C@H]2CC(=O)[C@H](C)[C@H](c3ccc(OC)cc3)N2)cc1. The van der Waals surface area contributed by atoms with Gasteiger partial charge in [0.15, 0.2) is 0 Å². The van der Waals surface area contributed by atoms with Crippen LogP contribution in [0, 0.1) is 5.92 Å². The lowest BCUT2D eigenvalue weighted by molar-refractivity contribution is -0.126. The van der Waals surface area contributed by atoms with E-state index in [2.05, 4.69) is 5.32 Å². The highest BCUT2D eigenvalue weighted by Crippen LogP contribution is 2.35. The molecule has 126 valence electrons. The Kier molecular flexibility index (Phi) is 4.86. The maximum absolute atomic E-state index is 12.5. The fourth-order valence-electron chi connectivity index (χ4n) is 3.24. The number of ketones is 1. The molecular formula is C20H23NO3. The van der Waals surface area contributed by atoms with Gasteiger partial charge in [-0.1, -0.05) is 31.2 Å². The van der Waals surface area contributed by atoms with E-state index in [-0.39, 0.29) is 23.8 Å². The molecular weight excluding hydrogens is 302 g/mol. The zero-order valence-electron chi connectivity index (χ0n) is 14.3. The van der Waals surface area contributed by atoms with Crippen molar-refractivity contribution in [3.05, 3.63) is 59.7 Å². The number of rotatable bonds is 4. The lowest BCUT2D eigenvalue weighted by Crippen LogP contribution is -2.41. The Morgan fingerprint density at radius 3 is 1.88 bits per heavy atom. The van der Waals surface area contributed by atoms with Crippen molar-refractivity contribution in [1.29, 1.82) is 0 Å². The second-order valence-electron chi connectivity index (χ2n) is 6.20. The van der Waals surface area contributed by atoms with Gasteiger partial charge in [0.1, 0.15) is 17.3 Å². The van der Waals surface area contributed by atoms with E-state index in [9.17, 15) is 4.79 Å². The van der Waals surface area contributed by atoms with Gasteiger partial charge in [0.2, 0.25) is 0 Å². The monoisotopic (exact) mass is 325 g/mol. The summed E-state index contributed by atoms with van der Waals surface area (Å²) >= 11 is 0. The molecule has 1 aliphatic rings. The first-order valence-corrected chi connectivity index (χ1v) is 8.19. The van der Waals surface area contributed by atoms with Crippen molar-refractivity contribution < 1.29 is 14.3 Å². The zero-order valence-corrected chi connectivity index (χ0v) is 14.3. The fraction of sp³-hybridized carbons (Fsp3) is 0.350. The summed E-state index contributed by atoms with van der Waals surface area (Å²) in [6.07, 6.45) is 0.514. The molecule has 0 aromatic heterocycles. The topological polar surface area (TPSA) is 47.6 Å². The van der Waals surface area contributed by atoms with E-state index >= 15 is 0 Å². The van der Waals surface area contributed by atoms with Crippen LogP contribution in [-0.2, 0) is 4.79 Å². The van der Waals surface area contributed by atoms with Gasteiger partial charge < -0.3 is 14.8 Å². The number of hydrogen-bond donors (Lipinski definition) is 1. The van der Waals surface area contributed by atoms with Gasteiger partial charge in [-0.3, -0.25) is 4.79 Å². The average molecular weight is 325 g/mol. The third kappa shape index (κ3) is 3.29. The molecule has 1 N–H and O–H groups in total. The van der Waals surface area contributed by atoms with E-state index in [1.165, 1.54) is 0 Å². The lowest BCUT2D eigenvalue weighted by Gasteiger charge is -2.35. The largest absolute Gasteiger partial charge is 0.497 e. The standard InChI is InChI=1S/C20H23NO3/c1-13-19(22)12-18(14-4-8-16(23-2)9-5-14)21-20(13)15-6-10-17(24-3)11-7-15/h4-11,13,18,20-21H,12H2,1-3H3/t13-,18+,20+/m0/s1. The summed E-state index contributed by atoms with van der Waals surface area (Å²) in [5.41, 5.74) is 2.21. The van der Waals surface area contributed by atoms with Gasteiger partial charge in [-0.25, -0.2) is 0 Å². The minimum atomic E-state index is -0.0482. The Morgan fingerprint density at radius 1 is 0.875 bits per heavy atom. The van der Waals surface area contributed by atoms with Crippen molar-refractivity contribution in [1.82, 2.24) is 5.32 Å². The molecule has 3 atom stereocenters. The van der Waals surface area contributed by atoms with Gasteiger partial charge in [0, 0.05) is 24.4 Å². The molecule has 4 nitrogen and oxygen atoms in total. The first-order valence-electron chi connectivity index (χ1n) is 8.19. The van der Waals surface area contributed by atoms with Crippen molar-refractivity contribution in [2.45, 2.75) is 25.4 Å². The molecule has 1 heterocycles. The van der Waals surface area contributed by atoms with Crippen LogP contribution < -0.4 is 14.8 Å². The van der Waals surface area contributed by atoms with Crippen LogP contribution in [0.1, 0.15) is 36.6 Å². The number of nitrogens with one attached hydrogen (secondary N) is 1. The van der Waals surface area contributed by atoms with E-state index in [1.54, 1.807) is 14.2 Å². The molecule has 0 saturated carbocycles. The highest BCUT2D eigenvalue weighted by atomic mass is 16.5. The first-order chi connectivity index (χ1) is 11.6. The van der Waals surface area contributed by atoms with Crippen LogP contribution in [0.4, 0.5) is 0 Å². The van der Waals surface area contributed by atoms with Crippen LogP contribution in [0.15, 0.2) is 48.5 Å². The second kappa shape index (κ2) is 7.05. The van der Waals surface area contributed by atoms with Gasteiger partial charge in [0.25, 0.3) is 0 Å². The Balaban J connectivity index is 1.84.